The first-order valence-corrected chi connectivity index (χ1v) is 8.01. The van der Waals surface area contributed by atoms with Gasteiger partial charge in [-0.1, -0.05) is 13.3 Å². The molecule has 0 spiro atoms. The molecule has 0 aromatic carbocycles. The summed E-state index contributed by atoms with van der Waals surface area (Å²) < 4.78 is 15.9. The van der Waals surface area contributed by atoms with E-state index in [2.05, 4.69) is 12.2 Å². The smallest absolute Gasteiger partial charge is 0.408 e. The molecule has 6 nitrogen and oxygen atoms in total. The van der Waals surface area contributed by atoms with Crippen molar-refractivity contribution in [2.75, 3.05) is 19.8 Å². The topological polar surface area (TPSA) is 73.9 Å². The molecule has 1 rings (SSSR count). The Bertz CT molecular complexity index is 390. The van der Waals surface area contributed by atoms with Crippen molar-refractivity contribution < 1.29 is 23.8 Å². The van der Waals surface area contributed by atoms with Crippen LogP contribution in [0.4, 0.5) is 4.79 Å². The lowest BCUT2D eigenvalue weighted by atomic mass is 10.2. The zero-order chi connectivity index (χ0) is 16.8. The number of carbonyl (C=O) groups is 2. The zero-order valence-electron chi connectivity index (χ0n) is 14.4. The molecule has 6 heteroatoms. The lowest BCUT2D eigenvalue weighted by Gasteiger charge is -2.23. The van der Waals surface area contributed by atoms with E-state index in [4.69, 9.17) is 14.2 Å². The van der Waals surface area contributed by atoms with Crippen LogP contribution in [0.15, 0.2) is 0 Å². The van der Waals surface area contributed by atoms with Crippen molar-refractivity contribution >= 4 is 12.1 Å². The van der Waals surface area contributed by atoms with Crippen molar-refractivity contribution in [3.05, 3.63) is 0 Å². The lowest BCUT2D eigenvalue weighted by Crippen LogP contribution is -2.48. The molecule has 22 heavy (non-hydrogen) atoms. The fraction of sp³-hybridized carbons (Fsp3) is 0.875. The second-order valence-corrected chi connectivity index (χ2v) is 6.65. The van der Waals surface area contributed by atoms with Crippen LogP contribution in [0.1, 0.15) is 53.9 Å². The molecule has 0 aromatic heterocycles. The fourth-order valence-electron chi connectivity index (χ4n) is 2.20. The molecule has 1 aliphatic carbocycles. The molecule has 0 radical (unpaired) electrons. The first-order valence-electron chi connectivity index (χ1n) is 8.01. The van der Waals surface area contributed by atoms with Crippen LogP contribution in [0.2, 0.25) is 0 Å². The average molecular weight is 315 g/mol. The third-order valence-corrected chi connectivity index (χ3v) is 3.43. The number of esters is 1. The van der Waals surface area contributed by atoms with Crippen molar-refractivity contribution in [1.29, 1.82) is 0 Å². The van der Waals surface area contributed by atoms with Gasteiger partial charge in [-0.25, -0.2) is 9.59 Å². The Labute approximate surface area is 132 Å². The predicted molar refractivity (Wildman–Crippen MR) is 82.6 cm³/mol. The van der Waals surface area contributed by atoms with Crippen LogP contribution >= 0.6 is 0 Å². The van der Waals surface area contributed by atoms with Gasteiger partial charge in [-0.05, 0) is 40.5 Å². The summed E-state index contributed by atoms with van der Waals surface area (Å²) in [4.78, 5) is 24.1. The van der Waals surface area contributed by atoms with Crippen molar-refractivity contribution in [3.8, 4) is 0 Å². The Morgan fingerprint density at radius 2 is 1.95 bits per heavy atom. The number of hydrogen-bond acceptors (Lipinski definition) is 5. The number of alkyl carbamates (subject to hydrolysis) is 1. The van der Waals surface area contributed by atoms with Crippen LogP contribution in [0.5, 0.6) is 0 Å². The molecule has 1 saturated carbocycles. The molecule has 0 aromatic rings. The number of hydrogen-bond donors (Lipinski definition) is 1. The van der Waals surface area contributed by atoms with Gasteiger partial charge in [0.15, 0.2) is 0 Å². The molecule has 1 fully saturated rings. The molecule has 0 aliphatic heterocycles. The number of nitrogens with one attached hydrogen (secondary N) is 1. The maximum atomic E-state index is 12.2. The first kappa shape index (κ1) is 18.7. The van der Waals surface area contributed by atoms with Gasteiger partial charge < -0.3 is 19.5 Å². The zero-order valence-corrected chi connectivity index (χ0v) is 14.4. The van der Waals surface area contributed by atoms with E-state index in [9.17, 15) is 9.59 Å². The number of rotatable bonds is 8. The van der Waals surface area contributed by atoms with E-state index in [1.54, 1.807) is 27.7 Å². The standard InChI is InChI=1S/C16H29NO5/c1-6-8-9-20-11-12-10-16(12,13(18)21-7-2)17-14(19)22-15(3,4)5/h12H,6-11H2,1-5H3,(H,17,19)/t12-,16+/m1/s1. The summed E-state index contributed by atoms with van der Waals surface area (Å²) in [6.07, 6.45) is 1.97. The third kappa shape index (κ3) is 5.48. The molecule has 1 aliphatic rings. The average Bonchev–Trinajstić information content (AvgIpc) is 3.07. The second-order valence-electron chi connectivity index (χ2n) is 6.65. The minimum atomic E-state index is -0.995. The van der Waals surface area contributed by atoms with Crippen molar-refractivity contribution in [2.24, 2.45) is 5.92 Å². The number of unbranched alkanes of at least 4 members (excludes halogenated alkanes) is 1. The van der Waals surface area contributed by atoms with Crippen LogP contribution in [0.25, 0.3) is 0 Å². The Hall–Kier alpha value is -1.30. The highest BCUT2D eigenvalue weighted by atomic mass is 16.6. The second kappa shape index (κ2) is 7.81. The highest BCUT2D eigenvalue weighted by Crippen LogP contribution is 2.45. The van der Waals surface area contributed by atoms with Gasteiger partial charge in [-0.15, -0.1) is 0 Å². The summed E-state index contributed by atoms with van der Waals surface area (Å²) in [6.45, 7) is 10.6. The molecular formula is C16H29NO5. The third-order valence-electron chi connectivity index (χ3n) is 3.43. The Kier molecular flexibility index (Phi) is 6.66. The Morgan fingerprint density at radius 1 is 1.27 bits per heavy atom. The molecule has 0 unspecified atom stereocenters. The molecule has 0 heterocycles. The summed E-state index contributed by atoms with van der Waals surface area (Å²) in [5, 5.41) is 2.68. The lowest BCUT2D eigenvalue weighted by molar-refractivity contribution is -0.147. The number of amides is 1. The van der Waals surface area contributed by atoms with E-state index in [-0.39, 0.29) is 12.5 Å². The van der Waals surface area contributed by atoms with Crippen LogP contribution in [-0.4, -0.2) is 43.0 Å². The molecule has 0 saturated heterocycles. The van der Waals surface area contributed by atoms with Gasteiger partial charge in [-0.3, -0.25) is 0 Å². The summed E-state index contributed by atoms with van der Waals surface area (Å²) in [5.41, 5.74) is -1.60. The van der Waals surface area contributed by atoms with E-state index < -0.39 is 23.2 Å². The summed E-state index contributed by atoms with van der Waals surface area (Å²) in [5.74, 6) is -0.471. The molecule has 128 valence electrons. The summed E-state index contributed by atoms with van der Waals surface area (Å²) >= 11 is 0. The van der Waals surface area contributed by atoms with Crippen LogP contribution < -0.4 is 5.32 Å². The normalized spacial score (nSPS) is 23.8. The minimum absolute atomic E-state index is 0.0593. The largest absolute Gasteiger partial charge is 0.464 e. The quantitative estimate of drug-likeness (QED) is 0.550. The van der Waals surface area contributed by atoms with E-state index >= 15 is 0 Å². The molecule has 0 bridgehead atoms. The van der Waals surface area contributed by atoms with E-state index in [1.165, 1.54) is 0 Å². The molecule has 1 amide bonds. The monoisotopic (exact) mass is 315 g/mol. The summed E-state index contributed by atoms with van der Waals surface area (Å²) in [7, 11) is 0. The predicted octanol–water partition coefficient (Wildman–Crippen LogP) is 2.65. The fourth-order valence-corrected chi connectivity index (χ4v) is 2.20. The summed E-state index contributed by atoms with van der Waals surface area (Å²) in [6, 6.07) is 0. The molecule has 2 atom stereocenters. The number of ether oxygens (including phenoxy) is 3. The highest BCUT2D eigenvalue weighted by Gasteiger charge is 2.63. The van der Waals surface area contributed by atoms with Crippen molar-refractivity contribution in [1.82, 2.24) is 5.32 Å². The minimum Gasteiger partial charge on any atom is -0.464 e. The van der Waals surface area contributed by atoms with Gasteiger partial charge in [0.05, 0.1) is 13.2 Å². The van der Waals surface area contributed by atoms with Crippen LogP contribution in [0.3, 0.4) is 0 Å². The van der Waals surface area contributed by atoms with Crippen LogP contribution in [-0.2, 0) is 19.0 Å². The molecular weight excluding hydrogens is 286 g/mol. The van der Waals surface area contributed by atoms with Gasteiger partial charge in [0, 0.05) is 12.5 Å². The molecule has 1 N–H and O–H groups in total. The van der Waals surface area contributed by atoms with Gasteiger partial charge in [-0.2, -0.15) is 0 Å². The van der Waals surface area contributed by atoms with Gasteiger partial charge in [0.2, 0.25) is 0 Å². The first-order chi connectivity index (χ1) is 10.2. The van der Waals surface area contributed by atoms with Gasteiger partial charge in [0.25, 0.3) is 0 Å². The van der Waals surface area contributed by atoms with Crippen molar-refractivity contribution in [2.45, 2.75) is 65.0 Å². The maximum absolute atomic E-state index is 12.2. The number of carbonyl (C=O) groups excluding carboxylic acids is 2. The van der Waals surface area contributed by atoms with Gasteiger partial charge in [0.1, 0.15) is 11.1 Å². The Balaban J connectivity index is 2.59. The van der Waals surface area contributed by atoms with Gasteiger partial charge >= 0.3 is 12.1 Å². The van der Waals surface area contributed by atoms with E-state index in [1.807, 2.05) is 0 Å². The highest BCUT2D eigenvalue weighted by molar-refractivity contribution is 5.89. The van der Waals surface area contributed by atoms with Crippen molar-refractivity contribution in [3.63, 3.8) is 0 Å². The maximum Gasteiger partial charge on any atom is 0.408 e. The van der Waals surface area contributed by atoms with E-state index in [0.717, 1.165) is 12.8 Å². The Morgan fingerprint density at radius 3 is 2.50 bits per heavy atom. The SMILES string of the molecule is CCCCOC[C@H]1C[C@@]1(NC(=O)OC(C)(C)C)C(=O)OCC. The van der Waals surface area contributed by atoms with Crippen LogP contribution in [0, 0.1) is 5.92 Å². The van der Waals surface area contributed by atoms with E-state index in [0.29, 0.717) is 19.6 Å².